The molecule has 0 saturated carbocycles. The van der Waals surface area contributed by atoms with Gasteiger partial charge in [-0.05, 0) is 30.0 Å². The lowest BCUT2D eigenvalue weighted by molar-refractivity contribution is -0.129. The van der Waals surface area contributed by atoms with Crippen LogP contribution < -0.4 is 10.6 Å². The molecule has 1 atom stereocenters. The molecule has 1 saturated heterocycles. The molecule has 8 nitrogen and oxygen atoms in total. The van der Waals surface area contributed by atoms with Crippen LogP contribution in [0, 0.1) is 0 Å². The third kappa shape index (κ3) is 6.11. The minimum Gasteiger partial charge on any atom is -0.350 e. The Morgan fingerprint density at radius 2 is 1.80 bits per heavy atom. The highest BCUT2D eigenvalue weighted by Gasteiger charge is 2.36. The van der Waals surface area contributed by atoms with Gasteiger partial charge < -0.3 is 10.6 Å². The predicted molar refractivity (Wildman–Crippen MR) is 113 cm³/mol. The van der Waals surface area contributed by atoms with Crippen LogP contribution in [-0.4, -0.2) is 48.7 Å². The number of hydrogen-bond donors (Lipinski definition) is 2. The molecule has 1 aromatic heterocycles. The second-order valence-electron chi connectivity index (χ2n) is 7.22. The summed E-state index contributed by atoms with van der Waals surface area (Å²) < 4.78 is 27.1. The van der Waals surface area contributed by atoms with Gasteiger partial charge in [0.05, 0.1) is 12.3 Å². The highest BCUT2D eigenvalue weighted by molar-refractivity contribution is 7.88. The van der Waals surface area contributed by atoms with Gasteiger partial charge in [0, 0.05) is 25.5 Å². The normalized spacial score (nSPS) is 17.3. The van der Waals surface area contributed by atoms with E-state index in [1.54, 1.807) is 42.7 Å². The number of carbonyl (C=O) groups excluding carboxylic acids is 2. The van der Waals surface area contributed by atoms with E-state index in [-0.39, 0.29) is 18.2 Å². The van der Waals surface area contributed by atoms with Gasteiger partial charge in [0.1, 0.15) is 6.04 Å². The minimum atomic E-state index is -3.65. The van der Waals surface area contributed by atoms with Crippen molar-refractivity contribution in [1.29, 1.82) is 0 Å². The maximum absolute atomic E-state index is 12.9. The number of pyridine rings is 1. The molecule has 1 fully saturated rings. The zero-order chi connectivity index (χ0) is 21.4. The number of rotatable bonds is 8. The van der Waals surface area contributed by atoms with Crippen molar-refractivity contribution in [2.45, 2.75) is 37.6 Å². The highest BCUT2D eigenvalue weighted by atomic mass is 32.2. The standard InChI is InChI=1S/C21H26N4O4S/c26-20(23-14-18-9-6-11-22-13-18)15-24-21(27)19-10-4-5-12-25(19)30(28,29)16-17-7-2-1-3-8-17/h1-3,6-9,11,13,19H,4-5,10,12,14-16H2,(H,23,26)(H,24,27). The summed E-state index contributed by atoms with van der Waals surface area (Å²) in [4.78, 5) is 28.7. The molecule has 2 aromatic rings. The van der Waals surface area contributed by atoms with Crippen LogP contribution in [0.2, 0.25) is 0 Å². The Bertz CT molecular complexity index is 951. The number of hydrogen-bond acceptors (Lipinski definition) is 5. The Balaban J connectivity index is 1.55. The second kappa shape index (κ2) is 10.3. The topological polar surface area (TPSA) is 108 Å². The number of aromatic nitrogens is 1. The van der Waals surface area contributed by atoms with Crippen LogP contribution in [0.3, 0.4) is 0 Å². The molecule has 0 radical (unpaired) electrons. The van der Waals surface area contributed by atoms with E-state index in [0.717, 1.165) is 12.0 Å². The van der Waals surface area contributed by atoms with Crippen LogP contribution in [-0.2, 0) is 31.9 Å². The number of benzene rings is 1. The van der Waals surface area contributed by atoms with E-state index in [2.05, 4.69) is 15.6 Å². The van der Waals surface area contributed by atoms with Crippen LogP contribution in [0.1, 0.15) is 30.4 Å². The van der Waals surface area contributed by atoms with E-state index in [1.165, 1.54) is 4.31 Å². The van der Waals surface area contributed by atoms with E-state index in [1.807, 2.05) is 12.1 Å². The molecule has 3 rings (SSSR count). The molecule has 1 aliphatic rings. The van der Waals surface area contributed by atoms with Gasteiger partial charge in [-0.25, -0.2) is 8.42 Å². The predicted octanol–water partition coefficient (Wildman–Crippen LogP) is 1.20. The van der Waals surface area contributed by atoms with Crippen molar-refractivity contribution in [3.63, 3.8) is 0 Å². The number of amides is 2. The van der Waals surface area contributed by atoms with Gasteiger partial charge >= 0.3 is 0 Å². The molecule has 160 valence electrons. The third-order valence-electron chi connectivity index (χ3n) is 4.94. The summed E-state index contributed by atoms with van der Waals surface area (Å²) in [7, 11) is -3.65. The summed E-state index contributed by atoms with van der Waals surface area (Å²) in [6, 6.07) is 11.7. The Morgan fingerprint density at radius 1 is 1.03 bits per heavy atom. The summed E-state index contributed by atoms with van der Waals surface area (Å²) in [5.74, 6) is -0.937. The first kappa shape index (κ1) is 21.9. The summed E-state index contributed by atoms with van der Waals surface area (Å²) in [6.07, 6.45) is 5.22. The van der Waals surface area contributed by atoms with Gasteiger partial charge in [-0.15, -0.1) is 0 Å². The molecule has 30 heavy (non-hydrogen) atoms. The molecule has 1 unspecified atom stereocenters. The maximum Gasteiger partial charge on any atom is 0.239 e. The van der Waals surface area contributed by atoms with Crippen LogP contribution in [0.4, 0.5) is 0 Å². The first-order chi connectivity index (χ1) is 14.5. The van der Waals surface area contributed by atoms with Gasteiger partial charge in [0.25, 0.3) is 0 Å². The average molecular weight is 431 g/mol. The van der Waals surface area contributed by atoms with E-state index >= 15 is 0 Å². The van der Waals surface area contributed by atoms with Crippen molar-refractivity contribution in [3.8, 4) is 0 Å². The molecular weight excluding hydrogens is 404 g/mol. The zero-order valence-corrected chi connectivity index (χ0v) is 17.5. The molecule has 1 aliphatic heterocycles. The van der Waals surface area contributed by atoms with Crippen LogP contribution in [0.5, 0.6) is 0 Å². The number of nitrogens with one attached hydrogen (secondary N) is 2. The lowest BCUT2D eigenvalue weighted by Gasteiger charge is -2.33. The van der Waals surface area contributed by atoms with E-state index in [0.29, 0.717) is 31.5 Å². The Hall–Kier alpha value is -2.78. The van der Waals surface area contributed by atoms with Gasteiger partial charge in [0.15, 0.2) is 0 Å². The lowest BCUT2D eigenvalue weighted by Crippen LogP contribution is -2.53. The van der Waals surface area contributed by atoms with E-state index in [4.69, 9.17) is 0 Å². The Kier molecular flexibility index (Phi) is 7.53. The zero-order valence-electron chi connectivity index (χ0n) is 16.7. The van der Waals surface area contributed by atoms with Gasteiger partial charge in [-0.1, -0.05) is 42.8 Å². The second-order valence-corrected chi connectivity index (χ2v) is 9.14. The van der Waals surface area contributed by atoms with Crippen LogP contribution in [0.25, 0.3) is 0 Å². The molecular formula is C21H26N4O4S. The van der Waals surface area contributed by atoms with E-state index < -0.39 is 22.0 Å². The molecule has 1 aromatic carbocycles. The van der Waals surface area contributed by atoms with Crippen molar-refractivity contribution in [1.82, 2.24) is 19.9 Å². The van der Waals surface area contributed by atoms with Gasteiger partial charge in [0.2, 0.25) is 21.8 Å². The first-order valence-corrected chi connectivity index (χ1v) is 11.5. The summed E-state index contributed by atoms with van der Waals surface area (Å²) in [5.41, 5.74) is 1.53. The highest BCUT2D eigenvalue weighted by Crippen LogP contribution is 2.23. The fourth-order valence-corrected chi connectivity index (χ4v) is 5.19. The number of sulfonamides is 1. The van der Waals surface area contributed by atoms with Crippen molar-refractivity contribution < 1.29 is 18.0 Å². The van der Waals surface area contributed by atoms with Crippen molar-refractivity contribution >= 4 is 21.8 Å². The molecule has 9 heteroatoms. The Morgan fingerprint density at radius 3 is 2.53 bits per heavy atom. The number of piperidine rings is 1. The lowest BCUT2D eigenvalue weighted by atomic mass is 10.0. The SMILES string of the molecule is O=C(CNC(=O)C1CCCCN1S(=O)(=O)Cc1ccccc1)NCc1cccnc1. The molecule has 0 spiro atoms. The molecule has 2 heterocycles. The average Bonchev–Trinajstić information content (AvgIpc) is 2.77. The fraction of sp³-hybridized carbons (Fsp3) is 0.381. The summed E-state index contributed by atoms with van der Waals surface area (Å²) >= 11 is 0. The number of nitrogens with zero attached hydrogens (tertiary/aromatic N) is 2. The largest absolute Gasteiger partial charge is 0.350 e. The Labute approximate surface area is 176 Å². The van der Waals surface area contributed by atoms with Crippen molar-refractivity contribution in [2.75, 3.05) is 13.1 Å². The molecule has 2 N–H and O–H groups in total. The summed E-state index contributed by atoms with van der Waals surface area (Å²) in [6.45, 7) is 0.409. The molecule has 2 amide bonds. The molecule has 0 bridgehead atoms. The van der Waals surface area contributed by atoms with E-state index in [9.17, 15) is 18.0 Å². The number of carbonyl (C=O) groups is 2. The van der Waals surface area contributed by atoms with Gasteiger partial charge in [-0.3, -0.25) is 14.6 Å². The van der Waals surface area contributed by atoms with Crippen molar-refractivity contribution in [2.24, 2.45) is 0 Å². The van der Waals surface area contributed by atoms with Gasteiger partial charge in [-0.2, -0.15) is 4.31 Å². The van der Waals surface area contributed by atoms with Crippen LogP contribution >= 0.6 is 0 Å². The van der Waals surface area contributed by atoms with Crippen molar-refractivity contribution in [3.05, 3.63) is 66.0 Å². The first-order valence-electron chi connectivity index (χ1n) is 9.92. The molecule has 0 aliphatic carbocycles. The summed E-state index contributed by atoms with van der Waals surface area (Å²) in [5, 5.41) is 5.29. The maximum atomic E-state index is 12.9. The fourth-order valence-electron chi connectivity index (χ4n) is 3.42. The quantitative estimate of drug-likeness (QED) is 0.654. The third-order valence-corrected chi connectivity index (χ3v) is 6.79. The smallest absolute Gasteiger partial charge is 0.239 e. The monoisotopic (exact) mass is 430 g/mol. The van der Waals surface area contributed by atoms with Crippen LogP contribution in [0.15, 0.2) is 54.9 Å². The minimum absolute atomic E-state index is 0.150.